The first-order valence-electron chi connectivity index (χ1n) is 11.8. The van der Waals surface area contributed by atoms with Crippen LogP contribution in [0.2, 0.25) is 0 Å². The zero-order valence-corrected chi connectivity index (χ0v) is 21.6. The van der Waals surface area contributed by atoms with Gasteiger partial charge in [-0.25, -0.2) is 4.98 Å². The van der Waals surface area contributed by atoms with Gasteiger partial charge in [0.2, 0.25) is 0 Å². The van der Waals surface area contributed by atoms with E-state index in [1.54, 1.807) is 11.9 Å². The maximum atomic E-state index is 11.3. The fraction of sp³-hybridized carbons (Fsp3) is 0.138. The van der Waals surface area contributed by atoms with Crippen LogP contribution in [0.4, 0.5) is 5.82 Å². The lowest BCUT2D eigenvalue weighted by Gasteiger charge is -2.37. The Morgan fingerprint density at radius 3 is 2.62 bits per heavy atom. The van der Waals surface area contributed by atoms with E-state index in [1.165, 1.54) is 16.9 Å². The van der Waals surface area contributed by atoms with Crippen molar-refractivity contribution in [3.05, 3.63) is 88.6 Å². The van der Waals surface area contributed by atoms with E-state index >= 15 is 0 Å². The highest BCUT2D eigenvalue weighted by Crippen LogP contribution is 2.46. The van der Waals surface area contributed by atoms with Crippen LogP contribution in [0.5, 0.6) is 0 Å². The molecule has 0 atom stereocenters. The highest BCUT2D eigenvalue weighted by atomic mass is 32.2. The Balaban J connectivity index is 1.57. The molecule has 0 spiro atoms. The molecule has 3 aromatic heterocycles. The Bertz CT molecular complexity index is 1670. The largest absolute Gasteiger partial charge is 0.481 e. The van der Waals surface area contributed by atoms with E-state index in [0.29, 0.717) is 18.0 Å². The van der Waals surface area contributed by atoms with Crippen LogP contribution in [0, 0.1) is 24.2 Å². The third kappa shape index (κ3) is 4.16. The van der Waals surface area contributed by atoms with Gasteiger partial charge >= 0.3 is 5.97 Å². The fourth-order valence-electron chi connectivity index (χ4n) is 4.66. The number of anilines is 1. The molecule has 2 aromatic carbocycles. The molecule has 4 heterocycles. The van der Waals surface area contributed by atoms with Gasteiger partial charge < -0.3 is 10.0 Å². The number of aryl methyl sites for hydroxylation is 1. The van der Waals surface area contributed by atoms with Crippen LogP contribution >= 0.6 is 23.3 Å². The summed E-state index contributed by atoms with van der Waals surface area (Å²) in [5.41, 5.74) is 5.79. The summed E-state index contributed by atoms with van der Waals surface area (Å²) in [5.74, 6) is -0.386. The van der Waals surface area contributed by atoms with Gasteiger partial charge in [0.25, 0.3) is 0 Å². The molecule has 1 fully saturated rings. The maximum Gasteiger partial charge on any atom is 0.310 e. The molecule has 0 saturated carbocycles. The number of fused-ring (bicyclic) bond motifs is 1. The number of hydrogen-bond acceptors (Lipinski definition) is 6. The van der Waals surface area contributed by atoms with Crippen LogP contribution in [-0.4, -0.2) is 33.1 Å². The van der Waals surface area contributed by atoms with Gasteiger partial charge in [-0.2, -0.15) is 5.26 Å². The SMILES string of the molecule is Cc1ccc(Sn2c(-c3cccc(N4CC(C(=O)O)C4)n3)c(-c3ccsc3C#N)c3ccccc32)cc1. The minimum Gasteiger partial charge on any atom is -0.481 e. The summed E-state index contributed by atoms with van der Waals surface area (Å²) >= 11 is 3.06. The molecule has 1 saturated heterocycles. The molecule has 6 rings (SSSR count). The van der Waals surface area contributed by atoms with Crippen molar-refractivity contribution in [2.24, 2.45) is 5.92 Å². The molecule has 0 unspecified atom stereocenters. The number of aromatic nitrogens is 2. The highest BCUT2D eigenvalue weighted by molar-refractivity contribution is 7.98. The van der Waals surface area contributed by atoms with Crippen LogP contribution in [0.3, 0.4) is 0 Å². The third-order valence-corrected chi connectivity index (χ3v) is 8.48. The van der Waals surface area contributed by atoms with Crippen LogP contribution in [0.15, 0.2) is 83.1 Å². The Hall–Kier alpha value is -4.06. The van der Waals surface area contributed by atoms with Crippen molar-refractivity contribution in [3.63, 3.8) is 0 Å². The number of hydrogen-bond donors (Lipinski definition) is 1. The van der Waals surface area contributed by atoms with Crippen molar-refractivity contribution in [1.29, 1.82) is 5.26 Å². The monoisotopic (exact) mass is 522 g/mol. The normalized spacial score (nSPS) is 13.5. The minimum atomic E-state index is -0.772. The summed E-state index contributed by atoms with van der Waals surface area (Å²) in [6, 6.07) is 26.9. The van der Waals surface area contributed by atoms with Gasteiger partial charge in [-0.15, -0.1) is 11.3 Å². The first kappa shape index (κ1) is 23.3. The van der Waals surface area contributed by atoms with E-state index in [0.717, 1.165) is 44.1 Å². The number of carbonyl (C=O) groups is 1. The van der Waals surface area contributed by atoms with Gasteiger partial charge in [-0.3, -0.25) is 8.77 Å². The predicted molar refractivity (Wildman–Crippen MR) is 149 cm³/mol. The van der Waals surface area contributed by atoms with Crippen molar-refractivity contribution in [1.82, 2.24) is 8.96 Å². The highest BCUT2D eigenvalue weighted by Gasteiger charge is 2.33. The lowest BCUT2D eigenvalue weighted by atomic mass is 10.00. The first-order valence-corrected chi connectivity index (χ1v) is 13.5. The summed E-state index contributed by atoms with van der Waals surface area (Å²) in [6.45, 7) is 2.97. The Labute approximate surface area is 222 Å². The zero-order chi connectivity index (χ0) is 25.5. The standard InChI is InChI=1S/C29H22N4O2S2/c1-18-9-11-20(12-10-18)37-33-24-7-3-2-5-21(24)27(22-13-14-36-25(22)15-30)28(33)23-6-4-8-26(31-23)32-16-19(17-32)29(34)35/h2-14,19H,16-17H2,1H3,(H,34,35). The number of rotatable bonds is 6. The number of carboxylic acids is 1. The molecule has 1 aliphatic rings. The molecule has 0 radical (unpaired) electrons. The van der Waals surface area contributed by atoms with E-state index in [9.17, 15) is 15.2 Å². The van der Waals surface area contributed by atoms with Gasteiger partial charge in [-0.1, -0.05) is 42.0 Å². The molecular weight excluding hydrogens is 500 g/mol. The Morgan fingerprint density at radius 2 is 1.86 bits per heavy atom. The lowest BCUT2D eigenvalue weighted by Crippen LogP contribution is -2.50. The fourth-order valence-corrected chi connectivity index (χ4v) is 6.35. The zero-order valence-electron chi connectivity index (χ0n) is 20.0. The summed E-state index contributed by atoms with van der Waals surface area (Å²) < 4.78 is 2.20. The van der Waals surface area contributed by atoms with Gasteiger partial charge in [-0.05, 0) is 60.6 Å². The van der Waals surface area contributed by atoms with Crippen LogP contribution in [0.25, 0.3) is 33.4 Å². The van der Waals surface area contributed by atoms with E-state index in [2.05, 4.69) is 53.4 Å². The molecule has 37 heavy (non-hydrogen) atoms. The van der Waals surface area contributed by atoms with Gasteiger partial charge in [0, 0.05) is 34.5 Å². The first-order chi connectivity index (χ1) is 18.0. The average molecular weight is 523 g/mol. The molecule has 1 N–H and O–H groups in total. The van der Waals surface area contributed by atoms with E-state index in [4.69, 9.17) is 4.98 Å². The Morgan fingerprint density at radius 1 is 1.08 bits per heavy atom. The second-order valence-electron chi connectivity index (χ2n) is 9.04. The third-order valence-electron chi connectivity index (χ3n) is 6.62. The van der Waals surface area contributed by atoms with E-state index in [1.807, 2.05) is 46.7 Å². The topological polar surface area (TPSA) is 82.2 Å². The summed E-state index contributed by atoms with van der Waals surface area (Å²) in [5, 5.41) is 22.2. The molecule has 0 amide bonds. The minimum absolute atomic E-state index is 0.367. The number of thiophene rings is 1. The van der Waals surface area contributed by atoms with Gasteiger partial charge in [0.15, 0.2) is 0 Å². The summed E-state index contributed by atoms with van der Waals surface area (Å²) in [6.07, 6.45) is 0. The van der Waals surface area contributed by atoms with Gasteiger partial charge in [0.1, 0.15) is 16.8 Å². The quantitative estimate of drug-likeness (QED) is 0.268. The number of carboxylic acid groups (broad SMARTS) is 1. The van der Waals surface area contributed by atoms with E-state index in [-0.39, 0.29) is 5.92 Å². The van der Waals surface area contributed by atoms with Crippen LogP contribution in [-0.2, 0) is 4.79 Å². The molecule has 8 heteroatoms. The van der Waals surface area contributed by atoms with Gasteiger partial charge in [0.05, 0.1) is 22.8 Å². The van der Waals surface area contributed by atoms with Crippen molar-refractivity contribution >= 4 is 46.0 Å². The number of benzene rings is 2. The second kappa shape index (κ2) is 9.43. The second-order valence-corrected chi connectivity index (χ2v) is 11.0. The van der Waals surface area contributed by atoms with Crippen LogP contribution in [0.1, 0.15) is 10.4 Å². The molecule has 0 aliphatic carbocycles. The number of aliphatic carboxylic acids is 1. The predicted octanol–water partition coefficient (Wildman–Crippen LogP) is 6.69. The number of para-hydroxylation sites is 1. The van der Waals surface area contributed by atoms with Crippen molar-refractivity contribution in [2.75, 3.05) is 18.0 Å². The molecule has 0 bridgehead atoms. The number of pyridine rings is 1. The van der Waals surface area contributed by atoms with E-state index < -0.39 is 5.97 Å². The molecule has 6 nitrogen and oxygen atoms in total. The number of nitriles is 1. The molecular formula is C29H22N4O2S2. The molecule has 5 aromatic rings. The molecule has 182 valence electrons. The maximum absolute atomic E-state index is 11.3. The van der Waals surface area contributed by atoms with Crippen molar-refractivity contribution in [3.8, 4) is 28.6 Å². The van der Waals surface area contributed by atoms with Crippen molar-refractivity contribution < 1.29 is 9.90 Å². The average Bonchev–Trinajstić information content (AvgIpc) is 3.47. The van der Waals surface area contributed by atoms with Crippen LogP contribution < -0.4 is 4.90 Å². The number of nitrogens with zero attached hydrogens (tertiary/aromatic N) is 4. The summed E-state index contributed by atoms with van der Waals surface area (Å²) in [4.78, 5) is 20.1. The van der Waals surface area contributed by atoms with Crippen molar-refractivity contribution in [2.45, 2.75) is 11.8 Å². The molecule has 1 aliphatic heterocycles. The Kier molecular flexibility index (Phi) is 5.95. The smallest absolute Gasteiger partial charge is 0.310 e. The summed E-state index contributed by atoms with van der Waals surface area (Å²) in [7, 11) is 0. The lowest BCUT2D eigenvalue weighted by molar-refractivity contribution is -0.142.